The van der Waals surface area contributed by atoms with Gasteiger partial charge in [-0.05, 0) is 38.6 Å². The molecule has 1 saturated heterocycles. The van der Waals surface area contributed by atoms with Crippen molar-refractivity contribution in [3.63, 3.8) is 0 Å². The second-order valence-corrected chi connectivity index (χ2v) is 5.79. The van der Waals surface area contributed by atoms with Gasteiger partial charge in [-0.3, -0.25) is 9.69 Å². The fourth-order valence-corrected chi connectivity index (χ4v) is 2.72. The predicted molar refractivity (Wildman–Crippen MR) is 80.2 cm³/mol. The van der Waals surface area contributed by atoms with Crippen LogP contribution in [0.4, 0.5) is 0 Å². The molecule has 0 radical (unpaired) electrons. The maximum atomic E-state index is 12.0. The molecule has 1 heterocycles. The number of carbonyl (C=O) groups is 1. The molecule has 1 aliphatic rings. The molecule has 1 amide bonds. The summed E-state index contributed by atoms with van der Waals surface area (Å²) >= 11 is 0. The van der Waals surface area contributed by atoms with Gasteiger partial charge in [0, 0.05) is 25.7 Å². The fraction of sp³-hybridized carbons (Fsp3) is 0.933. The first-order valence-electron chi connectivity index (χ1n) is 7.85. The van der Waals surface area contributed by atoms with Crippen molar-refractivity contribution < 1.29 is 4.79 Å². The van der Waals surface area contributed by atoms with Gasteiger partial charge in [-0.1, -0.05) is 20.8 Å². The van der Waals surface area contributed by atoms with Gasteiger partial charge in [0.05, 0.1) is 6.04 Å². The third kappa shape index (κ3) is 5.11. The summed E-state index contributed by atoms with van der Waals surface area (Å²) in [4.78, 5) is 14.3. The van der Waals surface area contributed by atoms with Gasteiger partial charge >= 0.3 is 0 Å². The van der Waals surface area contributed by atoms with Crippen LogP contribution in [0.25, 0.3) is 0 Å². The van der Waals surface area contributed by atoms with E-state index in [1.54, 1.807) is 0 Å². The zero-order valence-corrected chi connectivity index (χ0v) is 13.0. The lowest BCUT2D eigenvalue weighted by molar-refractivity contribution is -0.126. The SMILES string of the molecule is CCCNC(=O)C(C)N1CCC(NCCC)C(C)C1. The lowest BCUT2D eigenvalue weighted by Crippen LogP contribution is -2.54. The zero-order chi connectivity index (χ0) is 14.3. The summed E-state index contributed by atoms with van der Waals surface area (Å²) in [6.45, 7) is 12.5. The highest BCUT2D eigenvalue weighted by molar-refractivity contribution is 5.81. The quantitative estimate of drug-likeness (QED) is 0.738. The van der Waals surface area contributed by atoms with E-state index in [0.29, 0.717) is 12.0 Å². The molecule has 1 rings (SSSR count). The van der Waals surface area contributed by atoms with Gasteiger partial charge in [0.1, 0.15) is 0 Å². The molecule has 0 aromatic heterocycles. The van der Waals surface area contributed by atoms with Gasteiger partial charge in [0.25, 0.3) is 0 Å². The molecule has 0 aromatic rings. The molecule has 2 N–H and O–H groups in total. The van der Waals surface area contributed by atoms with Crippen molar-refractivity contribution >= 4 is 5.91 Å². The van der Waals surface area contributed by atoms with Crippen molar-refractivity contribution in [3.05, 3.63) is 0 Å². The largest absolute Gasteiger partial charge is 0.355 e. The summed E-state index contributed by atoms with van der Waals surface area (Å²) in [6, 6.07) is 0.614. The Balaban J connectivity index is 2.39. The summed E-state index contributed by atoms with van der Waals surface area (Å²) in [5.74, 6) is 0.788. The van der Waals surface area contributed by atoms with E-state index in [1.165, 1.54) is 6.42 Å². The van der Waals surface area contributed by atoms with Crippen molar-refractivity contribution in [2.45, 2.75) is 59.0 Å². The lowest BCUT2D eigenvalue weighted by atomic mass is 9.92. The van der Waals surface area contributed by atoms with Crippen molar-refractivity contribution in [1.29, 1.82) is 0 Å². The lowest BCUT2D eigenvalue weighted by Gasteiger charge is -2.39. The van der Waals surface area contributed by atoms with Crippen LogP contribution >= 0.6 is 0 Å². The number of nitrogens with zero attached hydrogens (tertiary/aromatic N) is 1. The van der Waals surface area contributed by atoms with Crippen LogP contribution in [0.3, 0.4) is 0 Å². The molecule has 4 heteroatoms. The summed E-state index contributed by atoms with van der Waals surface area (Å²) in [5, 5.41) is 6.61. The van der Waals surface area contributed by atoms with Crippen LogP contribution in [0.15, 0.2) is 0 Å². The first-order chi connectivity index (χ1) is 9.10. The van der Waals surface area contributed by atoms with Crippen LogP contribution in [0.5, 0.6) is 0 Å². The van der Waals surface area contributed by atoms with E-state index in [9.17, 15) is 4.79 Å². The average Bonchev–Trinajstić information content (AvgIpc) is 2.42. The molecule has 3 atom stereocenters. The number of rotatable bonds is 7. The number of amides is 1. The number of piperidine rings is 1. The topological polar surface area (TPSA) is 44.4 Å². The average molecular weight is 269 g/mol. The molecule has 1 aliphatic heterocycles. The molecule has 112 valence electrons. The summed E-state index contributed by atoms with van der Waals surface area (Å²) in [5.41, 5.74) is 0. The maximum Gasteiger partial charge on any atom is 0.237 e. The molecule has 1 fully saturated rings. The van der Waals surface area contributed by atoms with Crippen LogP contribution in [0, 0.1) is 5.92 Å². The summed E-state index contributed by atoms with van der Waals surface area (Å²) in [7, 11) is 0. The Hall–Kier alpha value is -0.610. The van der Waals surface area contributed by atoms with E-state index in [-0.39, 0.29) is 11.9 Å². The third-order valence-electron chi connectivity index (χ3n) is 4.07. The van der Waals surface area contributed by atoms with Gasteiger partial charge in [0.2, 0.25) is 5.91 Å². The highest BCUT2D eigenvalue weighted by Crippen LogP contribution is 2.19. The Labute approximate surface area is 118 Å². The van der Waals surface area contributed by atoms with E-state index < -0.39 is 0 Å². The Morgan fingerprint density at radius 3 is 2.58 bits per heavy atom. The van der Waals surface area contributed by atoms with Crippen LogP contribution < -0.4 is 10.6 Å². The highest BCUT2D eigenvalue weighted by Gasteiger charge is 2.30. The standard InChI is InChI=1S/C15H31N3O/c1-5-8-16-14-7-10-18(11-12(14)3)13(4)15(19)17-9-6-2/h12-14,16H,5-11H2,1-4H3,(H,17,19). The number of likely N-dealkylation sites (tertiary alicyclic amines) is 1. The number of hydrogen-bond donors (Lipinski definition) is 2. The summed E-state index contributed by atoms with van der Waals surface area (Å²) < 4.78 is 0. The van der Waals surface area contributed by atoms with Crippen molar-refractivity contribution in [2.75, 3.05) is 26.2 Å². The van der Waals surface area contributed by atoms with Crippen LogP contribution in [-0.2, 0) is 4.79 Å². The third-order valence-corrected chi connectivity index (χ3v) is 4.07. The molecule has 0 bridgehead atoms. The molecule has 3 unspecified atom stereocenters. The summed E-state index contributed by atoms with van der Waals surface area (Å²) in [6.07, 6.45) is 3.33. The monoisotopic (exact) mass is 269 g/mol. The minimum atomic E-state index is 0.00104. The first kappa shape index (κ1) is 16.4. The normalized spacial score (nSPS) is 26.1. The zero-order valence-electron chi connectivity index (χ0n) is 13.0. The van der Waals surface area contributed by atoms with Crippen LogP contribution in [0.2, 0.25) is 0 Å². The smallest absolute Gasteiger partial charge is 0.237 e. The highest BCUT2D eigenvalue weighted by atomic mass is 16.2. The molecule has 0 aromatic carbocycles. The fourth-order valence-electron chi connectivity index (χ4n) is 2.72. The van der Waals surface area contributed by atoms with Gasteiger partial charge in [-0.2, -0.15) is 0 Å². The van der Waals surface area contributed by atoms with E-state index in [2.05, 4.69) is 36.3 Å². The van der Waals surface area contributed by atoms with Gasteiger partial charge in [0.15, 0.2) is 0 Å². The minimum Gasteiger partial charge on any atom is -0.355 e. The predicted octanol–water partition coefficient (Wildman–Crippen LogP) is 1.61. The second kappa shape index (κ2) is 8.54. The second-order valence-electron chi connectivity index (χ2n) is 5.79. The molecule has 4 nitrogen and oxygen atoms in total. The number of hydrogen-bond acceptors (Lipinski definition) is 3. The van der Waals surface area contributed by atoms with Crippen molar-refractivity contribution in [2.24, 2.45) is 5.92 Å². The number of nitrogens with one attached hydrogen (secondary N) is 2. The Morgan fingerprint density at radius 1 is 1.32 bits per heavy atom. The van der Waals surface area contributed by atoms with Gasteiger partial charge in [-0.15, -0.1) is 0 Å². The minimum absolute atomic E-state index is 0.00104. The van der Waals surface area contributed by atoms with E-state index in [4.69, 9.17) is 0 Å². The Morgan fingerprint density at radius 2 is 2.00 bits per heavy atom. The molecule has 0 saturated carbocycles. The molecule has 0 aliphatic carbocycles. The van der Waals surface area contributed by atoms with Crippen molar-refractivity contribution in [3.8, 4) is 0 Å². The van der Waals surface area contributed by atoms with Gasteiger partial charge in [-0.25, -0.2) is 0 Å². The van der Waals surface area contributed by atoms with E-state index >= 15 is 0 Å². The van der Waals surface area contributed by atoms with Crippen LogP contribution in [-0.4, -0.2) is 49.1 Å². The van der Waals surface area contributed by atoms with Crippen molar-refractivity contribution in [1.82, 2.24) is 15.5 Å². The van der Waals surface area contributed by atoms with Crippen LogP contribution in [0.1, 0.15) is 47.0 Å². The number of carbonyl (C=O) groups excluding carboxylic acids is 1. The first-order valence-corrected chi connectivity index (χ1v) is 7.85. The Kier molecular flexibility index (Phi) is 7.39. The maximum absolute atomic E-state index is 12.0. The van der Waals surface area contributed by atoms with E-state index in [1.807, 2.05) is 6.92 Å². The molecule has 19 heavy (non-hydrogen) atoms. The van der Waals surface area contributed by atoms with Gasteiger partial charge < -0.3 is 10.6 Å². The van der Waals surface area contributed by atoms with E-state index in [0.717, 1.165) is 39.0 Å². The molecular formula is C15H31N3O. The molecule has 0 spiro atoms. The Bertz CT molecular complexity index is 270. The molecular weight excluding hydrogens is 238 g/mol.